The number of nitrogens with zero attached hydrogens (tertiary/aromatic N) is 2. The zero-order chi connectivity index (χ0) is 19.1. The number of halogens is 1. The normalized spacial score (nSPS) is 10.3. The smallest absolute Gasteiger partial charge is 0.271 e. The molecule has 0 bridgehead atoms. The summed E-state index contributed by atoms with van der Waals surface area (Å²) in [5.74, 6) is 0.540. The fourth-order valence-electron chi connectivity index (χ4n) is 2.37. The van der Waals surface area contributed by atoms with E-state index in [9.17, 15) is 9.18 Å². The van der Waals surface area contributed by atoms with Crippen LogP contribution in [0.25, 0.3) is 0 Å². The van der Waals surface area contributed by atoms with Crippen molar-refractivity contribution in [2.75, 3.05) is 11.9 Å². The second kappa shape index (κ2) is 8.75. The van der Waals surface area contributed by atoms with E-state index in [1.54, 1.807) is 12.1 Å². The Morgan fingerprint density at radius 3 is 2.56 bits per heavy atom. The molecule has 0 aliphatic rings. The van der Waals surface area contributed by atoms with E-state index in [0.717, 1.165) is 11.3 Å². The molecule has 1 aromatic heterocycles. The fraction of sp³-hybridized carbons (Fsp3) is 0.150. The lowest BCUT2D eigenvalue weighted by atomic mass is 10.2. The number of amides is 1. The van der Waals surface area contributed by atoms with Gasteiger partial charge in [0, 0.05) is 6.54 Å². The minimum atomic E-state index is -0.354. The van der Waals surface area contributed by atoms with Gasteiger partial charge in [-0.2, -0.15) is 0 Å². The van der Waals surface area contributed by atoms with Gasteiger partial charge in [0.25, 0.3) is 5.91 Å². The van der Waals surface area contributed by atoms with Crippen LogP contribution in [0.1, 0.15) is 23.0 Å². The Morgan fingerprint density at radius 1 is 1.07 bits per heavy atom. The molecular formula is C20H19FN4O2. The number of rotatable bonds is 7. The molecule has 27 heavy (non-hydrogen) atoms. The van der Waals surface area contributed by atoms with E-state index in [1.165, 1.54) is 24.5 Å². The Labute approximate surface area is 156 Å². The topological polar surface area (TPSA) is 76.1 Å². The molecule has 0 saturated carbocycles. The van der Waals surface area contributed by atoms with Crippen molar-refractivity contribution >= 4 is 17.4 Å². The van der Waals surface area contributed by atoms with E-state index in [-0.39, 0.29) is 24.0 Å². The van der Waals surface area contributed by atoms with Crippen LogP contribution in [0.15, 0.2) is 60.9 Å². The van der Waals surface area contributed by atoms with Crippen LogP contribution in [-0.2, 0) is 6.54 Å². The maximum atomic E-state index is 12.9. The highest BCUT2D eigenvalue weighted by Gasteiger charge is 2.09. The van der Waals surface area contributed by atoms with E-state index in [1.807, 2.05) is 31.2 Å². The fourth-order valence-corrected chi connectivity index (χ4v) is 2.37. The average Bonchev–Trinajstić information content (AvgIpc) is 2.69. The Morgan fingerprint density at radius 2 is 1.85 bits per heavy atom. The van der Waals surface area contributed by atoms with Crippen LogP contribution in [0.5, 0.6) is 5.75 Å². The highest BCUT2D eigenvalue weighted by Crippen LogP contribution is 2.26. The first-order chi connectivity index (χ1) is 13.2. The second-order valence-electron chi connectivity index (χ2n) is 5.65. The molecule has 3 rings (SSSR count). The van der Waals surface area contributed by atoms with Crippen molar-refractivity contribution in [3.8, 4) is 5.75 Å². The number of nitrogens with one attached hydrogen (secondary N) is 2. The number of carbonyl (C=O) groups is 1. The lowest BCUT2D eigenvalue weighted by Crippen LogP contribution is -2.24. The van der Waals surface area contributed by atoms with Crippen molar-refractivity contribution in [1.29, 1.82) is 0 Å². The monoisotopic (exact) mass is 366 g/mol. The minimum absolute atomic E-state index is 0.195. The summed E-state index contributed by atoms with van der Waals surface area (Å²) in [6, 6.07) is 13.4. The Hall–Kier alpha value is -3.48. The highest BCUT2D eigenvalue weighted by atomic mass is 19.1. The number of benzene rings is 2. The van der Waals surface area contributed by atoms with Gasteiger partial charge < -0.3 is 15.4 Å². The van der Waals surface area contributed by atoms with Gasteiger partial charge in [-0.1, -0.05) is 24.3 Å². The lowest BCUT2D eigenvalue weighted by molar-refractivity contribution is 0.0945. The Bertz CT molecular complexity index is 899. The third-order valence-electron chi connectivity index (χ3n) is 3.70. The molecule has 6 nitrogen and oxygen atoms in total. The molecule has 0 aliphatic heterocycles. The molecular weight excluding hydrogens is 347 g/mol. The van der Waals surface area contributed by atoms with Gasteiger partial charge >= 0.3 is 0 Å². The SMILES string of the molecule is CCOc1ccccc1Nc1cnc(C(=O)NCc2ccc(F)cc2)cn1. The quantitative estimate of drug-likeness (QED) is 0.667. The molecule has 0 spiro atoms. The van der Waals surface area contributed by atoms with Gasteiger partial charge in [-0.05, 0) is 36.8 Å². The van der Waals surface area contributed by atoms with E-state index < -0.39 is 0 Å². The molecule has 3 aromatic rings. The van der Waals surface area contributed by atoms with Crippen molar-refractivity contribution in [2.45, 2.75) is 13.5 Å². The zero-order valence-corrected chi connectivity index (χ0v) is 14.8. The largest absolute Gasteiger partial charge is 0.492 e. The van der Waals surface area contributed by atoms with E-state index in [0.29, 0.717) is 18.2 Å². The Kier molecular flexibility index (Phi) is 5.94. The van der Waals surface area contributed by atoms with Crippen LogP contribution in [0.2, 0.25) is 0 Å². The molecule has 138 valence electrons. The second-order valence-corrected chi connectivity index (χ2v) is 5.65. The predicted molar refractivity (Wildman–Crippen MR) is 100 cm³/mol. The van der Waals surface area contributed by atoms with Gasteiger partial charge in [0.05, 0.1) is 24.7 Å². The summed E-state index contributed by atoms with van der Waals surface area (Å²) < 4.78 is 18.4. The molecule has 1 heterocycles. The van der Waals surface area contributed by atoms with Crippen molar-refractivity contribution in [2.24, 2.45) is 0 Å². The molecule has 2 N–H and O–H groups in total. The Balaban J connectivity index is 1.61. The van der Waals surface area contributed by atoms with Crippen LogP contribution in [0, 0.1) is 5.82 Å². The first kappa shape index (κ1) is 18.3. The van der Waals surface area contributed by atoms with E-state index >= 15 is 0 Å². The highest BCUT2D eigenvalue weighted by molar-refractivity contribution is 5.92. The van der Waals surface area contributed by atoms with Crippen molar-refractivity contribution < 1.29 is 13.9 Å². The van der Waals surface area contributed by atoms with Crippen LogP contribution in [0.4, 0.5) is 15.9 Å². The number of aromatic nitrogens is 2. The van der Waals surface area contributed by atoms with Gasteiger partial charge in [-0.3, -0.25) is 4.79 Å². The molecule has 0 unspecified atom stereocenters. The first-order valence-corrected chi connectivity index (χ1v) is 8.49. The van der Waals surface area contributed by atoms with Crippen LogP contribution in [0.3, 0.4) is 0 Å². The lowest BCUT2D eigenvalue weighted by Gasteiger charge is -2.11. The number of para-hydroxylation sites is 2. The standard InChI is InChI=1S/C20H19FN4O2/c1-2-27-18-6-4-3-5-16(18)25-19-13-22-17(12-23-19)20(26)24-11-14-7-9-15(21)10-8-14/h3-10,12-13H,2,11H2,1H3,(H,23,25)(H,24,26). The molecule has 1 amide bonds. The molecule has 0 saturated heterocycles. The van der Waals surface area contributed by atoms with Crippen molar-refractivity contribution in [3.63, 3.8) is 0 Å². The molecule has 7 heteroatoms. The van der Waals surface area contributed by atoms with Crippen LogP contribution >= 0.6 is 0 Å². The summed E-state index contributed by atoms with van der Waals surface area (Å²) in [5, 5.41) is 5.85. The maximum absolute atomic E-state index is 12.9. The molecule has 0 atom stereocenters. The maximum Gasteiger partial charge on any atom is 0.271 e. The first-order valence-electron chi connectivity index (χ1n) is 8.49. The minimum Gasteiger partial charge on any atom is -0.492 e. The zero-order valence-electron chi connectivity index (χ0n) is 14.8. The van der Waals surface area contributed by atoms with Gasteiger partial charge in [-0.25, -0.2) is 14.4 Å². The summed E-state index contributed by atoms with van der Waals surface area (Å²) in [6.07, 6.45) is 2.88. The van der Waals surface area contributed by atoms with E-state index in [2.05, 4.69) is 20.6 Å². The van der Waals surface area contributed by atoms with Gasteiger partial charge in [-0.15, -0.1) is 0 Å². The summed E-state index contributed by atoms with van der Waals surface area (Å²) in [5.41, 5.74) is 1.76. The average molecular weight is 366 g/mol. The van der Waals surface area contributed by atoms with Crippen molar-refractivity contribution in [3.05, 3.63) is 78.0 Å². The van der Waals surface area contributed by atoms with Crippen molar-refractivity contribution in [1.82, 2.24) is 15.3 Å². The number of ether oxygens (including phenoxy) is 1. The summed E-state index contributed by atoms with van der Waals surface area (Å²) in [4.78, 5) is 20.5. The molecule has 2 aromatic carbocycles. The summed E-state index contributed by atoms with van der Waals surface area (Å²) in [7, 11) is 0. The molecule has 0 fully saturated rings. The van der Waals surface area contributed by atoms with Crippen LogP contribution in [-0.4, -0.2) is 22.5 Å². The number of carbonyl (C=O) groups excluding carboxylic acids is 1. The third-order valence-corrected chi connectivity index (χ3v) is 3.70. The number of hydrogen-bond donors (Lipinski definition) is 2. The van der Waals surface area contributed by atoms with Gasteiger partial charge in [0.15, 0.2) is 0 Å². The molecule has 0 aliphatic carbocycles. The summed E-state index contributed by atoms with van der Waals surface area (Å²) >= 11 is 0. The van der Waals surface area contributed by atoms with E-state index in [4.69, 9.17) is 4.74 Å². The van der Waals surface area contributed by atoms with Gasteiger partial charge in [0.2, 0.25) is 0 Å². The predicted octanol–water partition coefficient (Wildman–Crippen LogP) is 3.69. The van der Waals surface area contributed by atoms with Crippen LogP contribution < -0.4 is 15.4 Å². The van der Waals surface area contributed by atoms with Gasteiger partial charge in [0.1, 0.15) is 23.1 Å². The third kappa shape index (κ3) is 5.01. The molecule has 0 radical (unpaired) electrons. The summed E-state index contributed by atoms with van der Waals surface area (Å²) in [6.45, 7) is 2.75. The number of anilines is 2. The number of hydrogen-bond acceptors (Lipinski definition) is 5.